The molecule has 2 aromatic heterocycles. The maximum absolute atomic E-state index is 13.3. The molecule has 158 valence electrons. The van der Waals surface area contributed by atoms with Crippen molar-refractivity contribution in [1.82, 2.24) is 19.9 Å². The molecule has 0 saturated heterocycles. The van der Waals surface area contributed by atoms with Gasteiger partial charge >= 0.3 is 0 Å². The third-order valence-electron chi connectivity index (χ3n) is 5.06. The number of aromatic nitrogens is 3. The summed E-state index contributed by atoms with van der Waals surface area (Å²) < 4.78 is 54.6. The van der Waals surface area contributed by atoms with Gasteiger partial charge in [0.1, 0.15) is 23.0 Å². The number of hydrogen-bond donors (Lipinski definition) is 2. The Hall–Kier alpha value is -3.17. The molecule has 1 fully saturated rings. The van der Waals surface area contributed by atoms with Crippen LogP contribution in [0.5, 0.6) is 0 Å². The lowest BCUT2D eigenvalue weighted by atomic mass is 9.92. The van der Waals surface area contributed by atoms with Crippen molar-refractivity contribution in [3.8, 4) is 0 Å². The highest BCUT2D eigenvalue weighted by molar-refractivity contribution is 5.99. The Kier molecular flexibility index (Phi) is 5.31. The van der Waals surface area contributed by atoms with Crippen molar-refractivity contribution >= 4 is 17.4 Å². The minimum absolute atomic E-state index is 0.129. The molecule has 10 heteroatoms. The van der Waals surface area contributed by atoms with Gasteiger partial charge in [0.25, 0.3) is 5.91 Å². The van der Waals surface area contributed by atoms with E-state index in [2.05, 4.69) is 20.7 Å². The Bertz CT molecular complexity index is 1050. The van der Waals surface area contributed by atoms with Gasteiger partial charge in [0.2, 0.25) is 5.92 Å². The highest BCUT2D eigenvalue weighted by Crippen LogP contribution is 2.33. The standard InChI is InChI=1S/C20H19F4N5O/c21-13-7-12(8-14(22)9-13)10-25-17-3-6-29-18(28-17)16(11-26-29)19(30)27-15-1-4-20(23,24)5-2-15/h3,6-9,11,15H,1-2,4-5,10H2,(H,25,28)(H,27,30). The Balaban J connectivity index is 1.46. The van der Waals surface area contributed by atoms with Crippen LogP contribution in [0.15, 0.2) is 36.7 Å². The lowest BCUT2D eigenvalue weighted by Gasteiger charge is -2.28. The fourth-order valence-electron chi connectivity index (χ4n) is 3.48. The maximum Gasteiger partial charge on any atom is 0.256 e. The predicted octanol–water partition coefficient (Wildman–Crippen LogP) is 3.93. The van der Waals surface area contributed by atoms with E-state index in [1.54, 1.807) is 12.3 Å². The van der Waals surface area contributed by atoms with Crippen molar-refractivity contribution in [3.05, 3.63) is 59.4 Å². The van der Waals surface area contributed by atoms with E-state index in [-0.39, 0.29) is 49.5 Å². The molecule has 30 heavy (non-hydrogen) atoms. The fourth-order valence-corrected chi connectivity index (χ4v) is 3.48. The Labute approximate surface area is 169 Å². The molecule has 0 spiro atoms. The van der Waals surface area contributed by atoms with Gasteiger partial charge in [-0.25, -0.2) is 27.1 Å². The Morgan fingerprint density at radius 2 is 1.87 bits per heavy atom. The Morgan fingerprint density at radius 3 is 2.57 bits per heavy atom. The van der Waals surface area contributed by atoms with Crippen LogP contribution in [0, 0.1) is 11.6 Å². The number of fused-ring (bicyclic) bond motifs is 1. The molecule has 2 N–H and O–H groups in total. The van der Waals surface area contributed by atoms with Crippen LogP contribution in [-0.4, -0.2) is 32.5 Å². The molecule has 0 unspecified atom stereocenters. The average molecular weight is 421 g/mol. The number of amides is 1. The Morgan fingerprint density at radius 1 is 1.17 bits per heavy atom. The molecule has 1 aliphatic carbocycles. The molecular formula is C20H19F4N5O. The molecule has 1 saturated carbocycles. The van der Waals surface area contributed by atoms with Gasteiger partial charge in [-0.15, -0.1) is 0 Å². The van der Waals surface area contributed by atoms with Crippen LogP contribution in [0.3, 0.4) is 0 Å². The normalized spacial score (nSPS) is 16.5. The van der Waals surface area contributed by atoms with Gasteiger partial charge < -0.3 is 10.6 Å². The second kappa shape index (κ2) is 7.92. The zero-order valence-electron chi connectivity index (χ0n) is 15.8. The number of benzene rings is 1. The minimum Gasteiger partial charge on any atom is -0.366 e. The quantitative estimate of drug-likeness (QED) is 0.613. The molecule has 0 bridgehead atoms. The SMILES string of the molecule is O=C(NC1CCC(F)(F)CC1)c1cnn2ccc(NCc3cc(F)cc(F)c3)nc12. The van der Waals surface area contributed by atoms with Crippen LogP contribution in [0.2, 0.25) is 0 Å². The van der Waals surface area contributed by atoms with Crippen LogP contribution < -0.4 is 10.6 Å². The number of nitrogens with one attached hydrogen (secondary N) is 2. The van der Waals surface area contributed by atoms with Crippen molar-refractivity contribution in [2.45, 2.75) is 44.2 Å². The zero-order chi connectivity index (χ0) is 21.3. The monoisotopic (exact) mass is 421 g/mol. The summed E-state index contributed by atoms with van der Waals surface area (Å²) in [6.07, 6.45) is 2.87. The molecule has 6 nitrogen and oxygen atoms in total. The number of carbonyl (C=O) groups excluding carboxylic acids is 1. The first-order valence-electron chi connectivity index (χ1n) is 9.51. The zero-order valence-corrected chi connectivity index (χ0v) is 15.8. The summed E-state index contributed by atoms with van der Waals surface area (Å²) >= 11 is 0. The van der Waals surface area contributed by atoms with Crippen LogP contribution in [-0.2, 0) is 6.54 Å². The van der Waals surface area contributed by atoms with Crippen molar-refractivity contribution in [1.29, 1.82) is 0 Å². The number of nitrogens with zero attached hydrogens (tertiary/aromatic N) is 3. The van der Waals surface area contributed by atoms with Gasteiger partial charge in [0, 0.05) is 37.7 Å². The van der Waals surface area contributed by atoms with Crippen molar-refractivity contribution in [3.63, 3.8) is 0 Å². The fraction of sp³-hybridized carbons (Fsp3) is 0.350. The summed E-state index contributed by atoms with van der Waals surface area (Å²) in [5.41, 5.74) is 0.895. The summed E-state index contributed by atoms with van der Waals surface area (Å²) in [6, 6.07) is 4.50. The van der Waals surface area contributed by atoms with Gasteiger partial charge in [0.05, 0.1) is 6.20 Å². The van der Waals surface area contributed by atoms with Gasteiger partial charge in [-0.1, -0.05) is 0 Å². The third-order valence-corrected chi connectivity index (χ3v) is 5.06. The molecule has 1 aromatic carbocycles. The summed E-state index contributed by atoms with van der Waals surface area (Å²) in [4.78, 5) is 17.0. The molecule has 4 rings (SSSR count). The van der Waals surface area contributed by atoms with Crippen molar-refractivity contribution in [2.24, 2.45) is 0 Å². The number of carbonyl (C=O) groups is 1. The summed E-state index contributed by atoms with van der Waals surface area (Å²) in [5.74, 6) is -4.06. The predicted molar refractivity (Wildman–Crippen MR) is 101 cm³/mol. The van der Waals surface area contributed by atoms with E-state index in [0.717, 1.165) is 6.07 Å². The topological polar surface area (TPSA) is 71.3 Å². The van der Waals surface area contributed by atoms with E-state index < -0.39 is 23.5 Å². The highest BCUT2D eigenvalue weighted by Gasteiger charge is 2.35. The van der Waals surface area contributed by atoms with E-state index >= 15 is 0 Å². The summed E-state index contributed by atoms with van der Waals surface area (Å²) in [6.45, 7) is 0.129. The lowest BCUT2D eigenvalue weighted by molar-refractivity contribution is -0.0399. The highest BCUT2D eigenvalue weighted by atomic mass is 19.3. The molecule has 1 amide bonds. The van der Waals surface area contributed by atoms with E-state index in [0.29, 0.717) is 11.4 Å². The van der Waals surface area contributed by atoms with E-state index in [4.69, 9.17) is 0 Å². The largest absolute Gasteiger partial charge is 0.366 e. The number of hydrogen-bond acceptors (Lipinski definition) is 4. The van der Waals surface area contributed by atoms with Crippen LogP contribution in [0.4, 0.5) is 23.4 Å². The van der Waals surface area contributed by atoms with Gasteiger partial charge in [-0.2, -0.15) is 5.10 Å². The number of halogens is 4. The minimum atomic E-state index is -2.67. The average Bonchev–Trinajstić information content (AvgIpc) is 3.11. The van der Waals surface area contributed by atoms with Crippen LogP contribution in [0.1, 0.15) is 41.6 Å². The summed E-state index contributed by atoms with van der Waals surface area (Å²) in [7, 11) is 0. The maximum atomic E-state index is 13.3. The number of alkyl halides is 2. The van der Waals surface area contributed by atoms with E-state index in [1.165, 1.54) is 22.8 Å². The molecule has 2 heterocycles. The molecule has 0 radical (unpaired) electrons. The van der Waals surface area contributed by atoms with Gasteiger partial charge in [-0.3, -0.25) is 4.79 Å². The van der Waals surface area contributed by atoms with Crippen molar-refractivity contribution in [2.75, 3.05) is 5.32 Å². The van der Waals surface area contributed by atoms with Crippen LogP contribution >= 0.6 is 0 Å². The summed E-state index contributed by atoms with van der Waals surface area (Å²) in [5, 5.41) is 9.81. The molecule has 1 aliphatic rings. The second-order valence-electron chi connectivity index (χ2n) is 7.37. The molecule has 0 atom stereocenters. The van der Waals surface area contributed by atoms with E-state index in [9.17, 15) is 22.4 Å². The molecular weight excluding hydrogens is 402 g/mol. The first-order valence-corrected chi connectivity index (χ1v) is 9.51. The van der Waals surface area contributed by atoms with Crippen molar-refractivity contribution < 1.29 is 22.4 Å². The number of rotatable bonds is 5. The van der Waals surface area contributed by atoms with Crippen LogP contribution in [0.25, 0.3) is 5.65 Å². The lowest BCUT2D eigenvalue weighted by Crippen LogP contribution is -2.40. The third kappa shape index (κ3) is 4.52. The smallest absolute Gasteiger partial charge is 0.256 e. The first-order chi connectivity index (χ1) is 14.3. The molecule has 3 aromatic rings. The second-order valence-corrected chi connectivity index (χ2v) is 7.37. The number of anilines is 1. The molecule has 0 aliphatic heterocycles. The van der Waals surface area contributed by atoms with Gasteiger partial charge in [0.15, 0.2) is 5.65 Å². The first kappa shape index (κ1) is 20.1. The van der Waals surface area contributed by atoms with E-state index in [1.807, 2.05) is 0 Å². The van der Waals surface area contributed by atoms with Gasteiger partial charge in [-0.05, 0) is 36.6 Å².